The monoisotopic (exact) mass is 533 g/mol. The van der Waals surface area contributed by atoms with E-state index in [4.69, 9.17) is 9.16 Å². The first kappa shape index (κ1) is 28.2. The molecule has 4 rings (SSSR count). The van der Waals surface area contributed by atoms with Crippen molar-refractivity contribution in [1.29, 1.82) is 0 Å². The lowest BCUT2D eigenvalue weighted by molar-refractivity contribution is -0.119. The van der Waals surface area contributed by atoms with E-state index in [0.29, 0.717) is 29.5 Å². The average molecular weight is 534 g/mol. The van der Waals surface area contributed by atoms with E-state index in [2.05, 4.69) is 53.7 Å². The number of ether oxygens (including phenoxy) is 1. The Labute approximate surface area is 228 Å². The lowest BCUT2D eigenvalue weighted by Gasteiger charge is -2.42. The Kier molecular flexibility index (Phi) is 7.68. The number of fused-ring (bicyclic) bond motifs is 3. The van der Waals surface area contributed by atoms with Gasteiger partial charge in [-0.25, -0.2) is 9.36 Å². The maximum atomic E-state index is 13.4. The molecule has 204 valence electrons. The van der Waals surface area contributed by atoms with Crippen LogP contribution in [0, 0.1) is 0 Å². The standard InChI is InChI=1S/C32H43NO4Si/c1-20(2)38(21(3)4,22(5)6)37-24-16-14-23(15-17-24)18-27-29(34)19-26-25-12-10-11-13-28(25)33(30(26)27)31(35)36-32(7,8)9/h10-17,20-22,27H,18-19H2,1-9H3. The number of Topliss-reactive ketones (excluding diaryl/α,β-unsaturated/α-hetero) is 1. The summed E-state index contributed by atoms with van der Waals surface area (Å²) >= 11 is 0. The van der Waals surface area contributed by atoms with Crippen molar-refractivity contribution in [3.63, 3.8) is 0 Å². The fourth-order valence-electron chi connectivity index (χ4n) is 6.53. The van der Waals surface area contributed by atoms with E-state index < -0.39 is 25.9 Å². The quantitative estimate of drug-likeness (QED) is 0.286. The molecule has 0 radical (unpaired) electrons. The van der Waals surface area contributed by atoms with E-state index in [1.807, 2.05) is 57.2 Å². The third-order valence-electron chi connectivity index (χ3n) is 8.03. The van der Waals surface area contributed by atoms with Crippen molar-refractivity contribution in [3.05, 3.63) is 65.4 Å². The van der Waals surface area contributed by atoms with Crippen LogP contribution < -0.4 is 4.43 Å². The molecule has 1 aliphatic carbocycles. The lowest BCUT2D eigenvalue weighted by atomic mass is 9.96. The summed E-state index contributed by atoms with van der Waals surface area (Å²) in [6.07, 6.45) is 0.436. The first-order valence-electron chi connectivity index (χ1n) is 13.9. The van der Waals surface area contributed by atoms with E-state index in [1.54, 1.807) is 4.57 Å². The first-order chi connectivity index (χ1) is 17.8. The summed E-state index contributed by atoms with van der Waals surface area (Å²) in [6, 6.07) is 16.0. The van der Waals surface area contributed by atoms with Gasteiger partial charge < -0.3 is 9.16 Å². The Morgan fingerprint density at radius 3 is 2.08 bits per heavy atom. The third-order valence-corrected chi connectivity index (χ3v) is 14.0. The molecule has 0 N–H and O–H groups in total. The molecule has 1 aromatic heterocycles. The number of ketones is 1. The van der Waals surface area contributed by atoms with Gasteiger partial charge >= 0.3 is 6.09 Å². The van der Waals surface area contributed by atoms with Gasteiger partial charge in [0, 0.05) is 17.5 Å². The number of carbonyl (C=O) groups excluding carboxylic acids is 2. The molecular weight excluding hydrogens is 490 g/mol. The highest BCUT2D eigenvalue weighted by atomic mass is 28.4. The second-order valence-corrected chi connectivity index (χ2v) is 18.0. The van der Waals surface area contributed by atoms with Crippen LogP contribution in [0.1, 0.15) is 85.1 Å². The highest BCUT2D eigenvalue weighted by molar-refractivity contribution is 6.78. The minimum Gasteiger partial charge on any atom is -0.543 e. The van der Waals surface area contributed by atoms with Gasteiger partial charge in [0.05, 0.1) is 11.4 Å². The molecule has 0 saturated heterocycles. The van der Waals surface area contributed by atoms with Gasteiger partial charge in [-0.15, -0.1) is 0 Å². The van der Waals surface area contributed by atoms with Crippen LogP contribution in [0.15, 0.2) is 48.5 Å². The molecule has 3 aromatic rings. The van der Waals surface area contributed by atoms with E-state index in [-0.39, 0.29) is 5.78 Å². The van der Waals surface area contributed by atoms with Crippen LogP contribution in [-0.2, 0) is 22.4 Å². The molecule has 0 bridgehead atoms. The largest absolute Gasteiger partial charge is 0.543 e. The number of rotatable bonds is 7. The zero-order valence-electron chi connectivity index (χ0n) is 24.4. The summed E-state index contributed by atoms with van der Waals surface area (Å²) in [6.45, 7) is 19.3. The molecule has 0 fully saturated rings. The lowest BCUT2D eigenvalue weighted by Crippen LogP contribution is -2.50. The van der Waals surface area contributed by atoms with Crippen molar-refractivity contribution in [2.24, 2.45) is 0 Å². The summed E-state index contributed by atoms with van der Waals surface area (Å²) in [7, 11) is -2.05. The molecule has 0 amide bonds. The summed E-state index contributed by atoms with van der Waals surface area (Å²) in [5, 5.41) is 0.949. The molecule has 0 saturated carbocycles. The number of para-hydroxylation sites is 1. The summed E-state index contributed by atoms with van der Waals surface area (Å²) in [5.41, 5.74) is 4.41. The van der Waals surface area contributed by atoms with Gasteiger partial charge in [0.25, 0.3) is 8.32 Å². The van der Waals surface area contributed by atoms with Gasteiger partial charge in [0.1, 0.15) is 17.1 Å². The molecule has 1 atom stereocenters. The fraction of sp³-hybridized carbons (Fsp3) is 0.500. The van der Waals surface area contributed by atoms with Gasteiger partial charge in [-0.1, -0.05) is 71.9 Å². The zero-order valence-corrected chi connectivity index (χ0v) is 25.4. The van der Waals surface area contributed by atoms with E-state index in [0.717, 1.165) is 33.5 Å². The van der Waals surface area contributed by atoms with Crippen molar-refractivity contribution < 1.29 is 18.8 Å². The Morgan fingerprint density at radius 1 is 0.947 bits per heavy atom. The van der Waals surface area contributed by atoms with E-state index in [9.17, 15) is 9.59 Å². The molecule has 6 heteroatoms. The minimum atomic E-state index is -2.05. The Hall–Kier alpha value is -2.86. The number of hydrogen-bond acceptors (Lipinski definition) is 4. The Morgan fingerprint density at radius 2 is 1.53 bits per heavy atom. The van der Waals surface area contributed by atoms with Crippen LogP contribution in [0.2, 0.25) is 16.6 Å². The Bertz CT molecular complexity index is 1310. The normalized spacial score (nSPS) is 16.1. The fourth-order valence-corrected chi connectivity index (χ4v) is 11.8. The van der Waals surface area contributed by atoms with Gasteiger partial charge in [0.15, 0.2) is 0 Å². The SMILES string of the molecule is CC(C)[Si](Oc1ccc(CC2C(=O)Cc3c2n(C(=O)OC(C)(C)C)c2ccccc32)cc1)(C(C)C)C(C)C. The highest BCUT2D eigenvalue weighted by Gasteiger charge is 2.47. The Balaban J connectivity index is 1.67. The first-order valence-corrected chi connectivity index (χ1v) is 16.1. The molecule has 0 spiro atoms. The van der Waals surface area contributed by atoms with Crippen LogP contribution >= 0.6 is 0 Å². The number of benzene rings is 2. The summed E-state index contributed by atoms with van der Waals surface area (Å²) in [5.74, 6) is 0.647. The molecule has 1 unspecified atom stereocenters. The van der Waals surface area contributed by atoms with Crippen molar-refractivity contribution in [2.75, 3.05) is 0 Å². The smallest absolute Gasteiger partial charge is 0.419 e. The molecule has 38 heavy (non-hydrogen) atoms. The molecule has 0 aliphatic heterocycles. The highest BCUT2D eigenvalue weighted by Crippen LogP contribution is 2.43. The zero-order chi connectivity index (χ0) is 28.0. The number of aromatic nitrogens is 1. The van der Waals surface area contributed by atoms with Crippen LogP contribution in [0.25, 0.3) is 10.9 Å². The van der Waals surface area contributed by atoms with Crippen LogP contribution in [0.5, 0.6) is 5.75 Å². The topological polar surface area (TPSA) is 57.5 Å². The second-order valence-electron chi connectivity index (χ2n) is 12.7. The summed E-state index contributed by atoms with van der Waals surface area (Å²) < 4.78 is 14.2. The minimum absolute atomic E-state index is 0.143. The summed E-state index contributed by atoms with van der Waals surface area (Å²) in [4.78, 5) is 26.7. The van der Waals surface area contributed by atoms with Gasteiger partial charge in [-0.05, 0) is 73.1 Å². The predicted molar refractivity (Wildman–Crippen MR) is 157 cm³/mol. The molecule has 1 aliphatic rings. The average Bonchev–Trinajstić information content (AvgIpc) is 3.30. The molecular formula is C32H43NO4Si. The maximum Gasteiger partial charge on any atom is 0.419 e. The van der Waals surface area contributed by atoms with Crippen molar-refractivity contribution in [2.45, 2.75) is 103 Å². The third kappa shape index (κ3) is 5.07. The van der Waals surface area contributed by atoms with Crippen LogP contribution in [0.3, 0.4) is 0 Å². The van der Waals surface area contributed by atoms with Crippen molar-refractivity contribution in [1.82, 2.24) is 4.57 Å². The second kappa shape index (κ2) is 10.4. The van der Waals surface area contributed by atoms with Gasteiger partial charge in [0.2, 0.25) is 0 Å². The number of nitrogens with zero attached hydrogens (tertiary/aromatic N) is 1. The van der Waals surface area contributed by atoms with Crippen LogP contribution in [0.4, 0.5) is 4.79 Å². The van der Waals surface area contributed by atoms with Crippen molar-refractivity contribution in [3.8, 4) is 5.75 Å². The van der Waals surface area contributed by atoms with E-state index in [1.165, 1.54) is 0 Å². The predicted octanol–water partition coefficient (Wildman–Crippen LogP) is 8.43. The van der Waals surface area contributed by atoms with Crippen molar-refractivity contribution >= 4 is 31.1 Å². The maximum absolute atomic E-state index is 13.4. The van der Waals surface area contributed by atoms with E-state index >= 15 is 0 Å². The molecule has 2 aromatic carbocycles. The number of carbonyl (C=O) groups is 2. The van der Waals surface area contributed by atoms with Gasteiger partial charge in [-0.3, -0.25) is 4.79 Å². The number of hydrogen-bond donors (Lipinski definition) is 0. The van der Waals surface area contributed by atoms with Gasteiger partial charge in [-0.2, -0.15) is 0 Å². The molecule has 1 heterocycles. The van der Waals surface area contributed by atoms with Crippen LogP contribution in [-0.4, -0.2) is 30.4 Å². The molecule has 5 nitrogen and oxygen atoms in total.